The summed E-state index contributed by atoms with van der Waals surface area (Å²) in [7, 11) is 0. The predicted octanol–water partition coefficient (Wildman–Crippen LogP) is 3.24. The van der Waals surface area contributed by atoms with Crippen molar-refractivity contribution in [2.45, 2.75) is 6.42 Å². The van der Waals surface area contributed by atoms with Crippen LogP contribution in [0.1, 0.15) is 15.9 Å². The first-order valence-electron chi connectivity index (χ1n) is 6.45. The third-order valence-corrected chi connectivity index (χ3v) is 3.26. The molecule has 0 aliphatic rings. The molecule has 0 saturated heterocycles. The number of hydrogen-bond acceptors (Lipinski definition) is 3. The van der Waals surface area contributed by atoms with Gasteiger partial charge in [0, 0.05) is 29.3 Å². The van der Waals surface area contributed by atoms with Gasteiger partial charge in [0.25, 0.3) is 0 Å². The number of rotatable bonds is 3. The highest BCUT2D eigenvalue weighted by molar-refractivity contribution is 6.08. The Hall–Kier alpha value is -2.68. The van der Waals surface area contributed by atoms with Gasteiger partial charge in [-0.1, -0.05) is 30.3 Å². The fraction of sp³-hybridized carbons (Fsp3) is 0.0588. The molecule has 98 valence electrons. The van der Waals surface area contributed by atoms with E-state index in [-0.39, 0.29) is 5.78 Å². The van der Waals surface area contributed by atoms with Gasteiger partial charge in [-0.2, -0.15) is 0 Å². The number of benzene rings is 2. The molecule has 3 rings (SSSR count). The summed E-state index contributed by atoms with van der Waals surface area (Å²) in [5.74, 6) is 0.0780. The predicted molar refractivity (Wildman–Crippen MR) is 80.6 cm³/mol. The number of nitrogens with zero attached hydrogens (tertiary/aromatic N) is 1. The lowest BCUT2D eigenvalue weighted by molar-refractivity contribution is 0.0994. The van der Waals surface area contributed by atoms with Gasteiger partial charge in [-0.25, -0.2) is 0 Å². The average molecular weight is 262 g/mol. The summed E-state index contributed by atoms with van der Waals surface area (Å²) in [5, 5.41) is 0.893. The monoisotopic (exact) mass is 262 g/mol. The Kier molecular flexibility index (Phi) is 3.17. The van der Waals surface area contributed by atoms with E-state index in [4.69, 9.17) is 5.73 Å². The highest BCUT2D eigenvalue weighted by Crippen LogP contribution is 2.19. The smallest absolute Gasteiger partial charge is 0.167 e. The van der Waals surface area contributed by atoms with E-state index in [1.165, 1.54) is 0 Å². The van der Waals surface area contributed by atoms with Gasteiger partial charge in [0.1, 0.15) is 0 Å². The number of fused-ring (bicyclic) bond motifs is 1. The van der Waals surface area contributed by atoms with E-state index in [1.54, 1.807) is 6.20 Å². The van der Waals surface area contributed by atoms with Crippen molar-refractivity contribution < 1.29 is 4.79 Å². The molecule has 3 heteroatoms. The molecular weight excluding hydrogens is 248 g/mol. The zero-order valence-corrected chi connectivity index (χ0v) is 10.9. The van der Waals surface area contributed by atoms with Gasteiger partial charge in [0.05, 0.1) is 5.52 Å². The number of ketones is 1. The largest absolute Gasteiger partial charge is 0.399 e. The van der Waals surface area contributed by atoms with E-state index >= 15 is 0 Å². The molecule has 0 unspecified atom stereocenters. The minimum Gasteiger partial charge on any atom is -0.399 e. The van der Waals surface area contributed by atoms with E-state index in [1.807, 2.05) is 54.6 Å². The third-order valence-electron chi connectivity index (χ3n) is 3.26. The summed E-state index contributed by atoms with van der Waals surface area (Å²) >= 11 is 0. The van der Waals surface area contributed by atoms with Crippen molar-refractivity contribution in [2.75, 3.05) is 5.73 Å². The van der Waals surface area contributed by atoms with Crippen molar-refractivity contribution in [1.82, 2.24) is 4.98 Å². The molecule has 0 spiro atoms. The molecular formula is C17H14N2O. The number of hydrogen-bond donors (Lipinski definition) is 1. The van der Waals surface area contributed by atoms with E-state index in [2.05, 4.69) is 4.98 Å². The summed E-state index contributed by atoms with van der Waals surface area (Å²) in [4.78, 5) is 16.7. The summed E-state index contributed by atoms with van der Waals surface area (Å²) in [6.45, 7) is 0. The van der Waals surface area contributed by atoms with Crippen LogP contribution in [0.4, 0.5) is 5.69 Å². The van der Waals surface area contributed by atoms with Gasteiger partial charge in [0.2, 0.25) is 0 Å². The van der Waals surface area contributed by atoms with Crippen molar-refractivity contribution in [3.05, 3.63) is 71.9 Å². The van der Waals surface area contributed by atoms with Crippen molar-refractivity contribution >= 4 is 22.4 Å². The second kappa shape index (κ2) is 5.13. The molecule has 20 heavy (non-hydrogen) atoms. The second-order valence-electron chi connectivity index (χ2n) is 4.72. The third kappa shape index (κ3) is 2.38. The van der Waals surface area contributed by atoms with Gasteiger partial charge in [-0.15, -0.1) is 0 Å². The number of carbonyl (C=O) groups is 1. The Morgan fingerprint density at radius 1 is 1.05 bits per heavy atom. The molecule has 0 fully saturated rings. The zero-order chi connectivity index (χ0) is 13.9. The number of aromatic nitrogens is 1. The molecule has 0 radical (unpaired) electrons. The summed E-state index contributed by atoms with van der Waals surface area (Å²) in [6.07, 6.45) is 2.08. The molecule has 0 aliphatic heterocycles. The van der Waals surface area contributed by atoms with Crippen molar-refractivity contribution in [2.24, 2.45) is 0 Å². The fourth-order valence-corrected chi connectivity index (χ4v) is 2.33. The zero-order valence-electron chi connectivity index (χ0n) is 10.9. The molecule has 2 N–H and O–H groups in total. The quantitative estimate of drug-likeness (QED) is 0.582. The first-order chi connectivity index (χ1) is 9.74. The molecule has 3 nitrogen and oxygen atoms in total. The Morgan fingerprint density at radius 2 is 1.90 bits per heavy atom. The Balaban J connectivity index is 1.97. The first-order valence-corrected chi connectivity index (χ1v) is 6.45. The molecule has 0 aliphatic carbocycles. The van der Waals surface area contributed by atoms with Crippen LogP contribution in [0.15, 0.2) is 60.8 Å². The highest BCUT2D eigenvalue weighted by Gasteiger charge is 2.11. The number of nitrogen functional groups attached to an aromatic ring is 1. The van der Waals surface area contributed by atoms with Crippen LogP contribution in [-0.4, -0.2) is 10.8 Å². The summed E-state index contributed by atoms with van der Waals surface area (Å²) in [5.41, 5.74) is 8.89. The number of pyridine rings is 1. The second-order valence-corrected chi connectivity index (χ2v) is 4.72. The van der Waals surface area contributed by atoms with E-state index < -0.39 is 0 Å². The van der Waals surface area contributed by atoms with Gasteiger partial charge >= 0.3 is 0 Å². The lowest BCUT2D eigenvalue weighted by Gasteiger charge is -2.06. The molecule has 0 amide bonds. The van der Waals surface area contributed by atoms with Gasteiger partial charge in [-0.05, 0) is 29.8 Å². The van der Waals surface area contributed by atoms with Crippen LogP contribution in [0, 0.1) is 0 Å². The maximum Gasteiger partial charge on any atom is 0.167 e. The molecule has 0 atom stereocenters. The SMILES string of the molecule is Nc1cccc(CC(=O)c2cccc3ncccc23)c1. The van der Waals surface area contributed by atoms with E-state index in [0.717, 1.165) is 16.5 Å². The average Bonchev–Trinajstić information content (AvgIpc) is 2.46. The molecule has 3 aromatic rings. The minimum absolute atomic E-state index is 0.0780. The van der Waals surface area contributed by atoms with Crippen LogP contribution >= 0.6 is 0 Å². The Labute approximate surface area is 117 Å². The molecule has 0 bridgehead atoms. The molecule has 0 saturated carbocycles. The van der Waals surface area contributed by atoms with Crippen LogP contribution in [0.5, 0.6) is 0 Å². The molecule has 2 aromatic carbocycles. The van der Waals surface area contributed by atoms with Crippen LogP contribution in [0.3, 0.4) is 0 Å². The van der Waals surface area contributed by atoms with Crippen molar-refractivity contribution in [3.63, 3.8) is 0 Å². The van der Waals surface area contributed by atoms with Crippen LogP contribution in [-0.2, 0) is 6.42 Å². The molecule has 1 heterocycles. The minimum atomic E-state index is 0.0780. The number of Topliss-reactive ketones (excluding diaryl/α,β-unsaturated/α-hetero) is 1. The standard InChI is InChI=1S/C17H14N2O/c18-13-5-1-4-12(10-13)11-17(20)15-6-2-8-16-14(15)7-3-9-19-16/h1-10H,11,18H2. The van der Waals surface area contributed by atoms with E-state index in [9.17, 15) is 4.79 Å². The normalized spacial score (nSPS) is 10.6. The summed E-state index contributed by atoms with van der Waals surface area (Å²) < 4.78 is 0. The maximum absolute atomic E-state index is 12.5. The van der Waals surface area contributed by atoms with Crippen molar-refractivity contribution in [3.8, 4) is 0 Å². The topological polar surface area (TPSA) is 56.0 Å². The molecule has 1 aromatic heterocycles. The van der Waals surface area contributed by atoms with Gasteiger partial charge in [-0.3, -0.25) is 9.78 Å². The highest BCUT2D eigenvalue weighted by atomic mass is 16.1. The van der Waals surface area contributed by atoms with Gasteiger partial charge < -0.3 is 5.73 Å². The van der Waals surface area contributed by atoms with Gasteiger partial charge in [0.15, 0.2) is 5.78 Å². The van der Waals surface area contributed by atoms with Crippen molar-refractivity contribution in [1.29, 1.82) is 0 Å². The van der Waals surface area contributed by atoms with E-state index in [0.29, 0.717) is 17.7 Å². The Bertz CT molecular complexity index is 775. The first kappa shape index (κ1) is 12.4. The summed E-state index contributed by atoms with van der Waals surface area (Å²) in [6, 6.07) is 16.8. The van der Waals surface area contributed by atoms with Crippen LogP contribution < -0.4 is 5.73 Å². The lowest BCUT2D eigenvalue weighted by Crippen LogP contribution is -2.05. The number of nitrogens with two attached hydrogens (primary N) is 1. The fourth-order valence-electron chi connectivity index (χ4n) is 2.33. The number of carbonyl (C=O) groups excluding carboxylic acids is 1. The Morgan fingerprint density at radius 3 is 2.75 bits per heavy atom. The lowest BCUT2D eigenvalue weighted by atomic mass is 9.99. The number of anilines is 1. The maximum atomic E-state index is 12.5. The van der Waals surface area contributed by atoms with Crippen LogP contribution in [0.25, 0.3) is 10.9 Å². The van der Waals surface area contributed by atoms with Crippen LogP contribution in [0.2, 0.25) is 0 Å².